The second kappa shape index (κ2) is 3.88. The summed E-state index contributed by atoms with van der Waals surface area (Å²) in [6.45, 7) is 1.48. The van der Waals surface area contributed by atoms with Crippen molar-refractivity contribution in [3.63, 3.8) is 0 Å². The van der Waals surface area contributed by atoms with E-state index in [4.69, 9.17) is 17.3 Å². The van der Waals surface area contributed by atoms with Gasteiger partial charge < -0.3 is 5.73 Å². The van der Waals surface area contributed by atoms with Gasteiger partial charge in [-0.25, -0.2) is 13.8 Å². The van der Waals surface area contributed by atoms with Gasteiger partial charge in [0.05, 0.1) is 16.9 Å². The first-order valence-electron chi connectivity index (χ1n) is 3.68. The average molecular weight is 221 g/mol. The lowest BCUT2D eigenvalue weighted by Gasteiger charge is -2.07. The number of alkyl halides is 2. The lowest BCUT2D eigenvalue weighted by molar-refractivity contribution is 0.106. The molecular formula is C8H7ClF2N2O. The Labute approximate surface area is 83.9 Å². The van der Waals surface area contributed by atoms with Crippen molar-refractivity contribution in [2.75, 3.05) is 5.73 Å². The molecule has 0 atom stereocenters. The Morgan fingerprint density at radius 3 is 2.64 bits per heavy atom. The molecule has 3 nitrogen and oxygen atoms in total. The molecule has 0 aliphatic carbocycles. The van der Waals surface area contributed by atoms with Crippen molar-refractivity contribution in [2.45, 2.75) is 13.3 Å². The van der Waals surface area contributed by atoms with Gasteiger partial charge in [-0.05, 0) is 24.6 Å². The molecule has 0 aliphatic heterocycles. The number of nitrogens with zero attached hydrogens (tertiary/aromatic N) is 1. The number of carbonyl (C=O) groups excluding carboxylic acids is 1. The van der Waals surface area contributed by atoms with Gasteiger partial charge in [0, 0.05) is 0 Å². The second-order valence-electron chi connectivity index (χ2n) is 2.67. The molecule has 0 saturated heterocycles. The maximum Gasteiger partial charge on any atom is 0.281 e. The van der Waals surface area contributed by atoms with Crippen LogP contribution in [0.4, 0.5) is 14.5 Å². The number of hydrogen-bond donors (Lipinski definition) is 1. The summed E-state index contributed by atoms with van der Waals surface area (Å²) < 4.78 is 24.8. The number of anilines is 1. The largest absolute Gasteiger partial charge is 0.397 e. The molecule has 1 aromatic heterocycles. The Bertz CT molecular complexity index is 382. The van der Waals surface area contributed by atoms with Crippen LogP contribution in [0, 0.1) is 6.92 Å². The van der Waals surface area contributed by atoms with Crippen LogP contribution in [0.3, 0.4) is 0 Å². The highest BCUT2D eigenvalue weighted by molar-refractivity contribution is 6.67. The molecule has 0 unspecified atom stereocenters. The molecule has 0 radical (unpaired) electrons. The first kappa shape index (κ1) is 10.8. The van der Waals surface area contributed by atoms with E-state index in [9.17, 15) is 13.6 Å². The lowest BCUT2D eigenvalue weighted by Crippen LogP contribution is -2.06. The minimum Gasteiger partial charge on any atom is -0.397 e. The predicted molar refractivity (Wildman–Crippen MR) is 48.5 cm³/mol. The summed E-state index contributed by atoms with van der Waals surface area (Å²) in [7, 11) is 0. The predicted octanol–water partition coefficient (Wildman–Crippen LogP) is 2.29. The third-order valence-electron chi connectivity index (χ3n) is 1.70. The van der Waals surface area contributed by atoms with Crippen molar-refractivity contribution >= 4 is 22.5 Å². The molecule has 14 heavy (non-hydrogen) atoms. The Morgan fingerprint density at radius 2 is 2.21 bits per heavy atom. The Kier molecular flexibility index (Phi) is 3.00. The molecule has 0 amide bonds. The summed E-state index contributed by atoms with van der Waals surface area (Å²) in [5.41, 5.74) is 4.86. The topological polar surface area (TPSA) is 56.0 Å². The maximum absolute atomic E-state index is 12.4. The molecule has 1 aromatic rings. The van der Waals surface area contributed by atoms with Gasteiger partial charge in [-0.1, -0.05) is 0 Å². The maximum atomic E-state index is 12.4. The van der Waals surface area contributed by atoms with E-state index >= 15 is 0 Å². The fourth-order valence-electron chi connectivity index (χ4n) is 0.963. The quantitative estimate of drug-likeness (QED) is 0.778. The average Bonchev–Trinajstić information content (AvgIpc) is 2.08. The minimum atomic E-state index is -2.84. The highest BCUT2D eigenvalue weighted by Crippen LogP contribution is 2.25. The third kappa shape index (κ3) is 1.98. The van der Waals surface area contributed by atoms with Crippen LogP contribution < -0.4 is 5.73 Å². The van der Waals surface area contributed by atoms with Crippen LogP contribution in [0.15, 0.2) is 6.07 Å². The molecule has 6 heteroatoms. The molecule has 76 valence electrons. The Hall–Kier alpha value is -1.23. The monoisotopic (exact) mass is 220 g/mol. The van der Waals surface area contributed by atoms with E-state index in [0.29, 0.717) is 0 Å². The zero-order chi connectivity index (χ0) is 10.9. The Morgan fingerprint density at radius 1 is 1.64 bits per heavy atom. The summed E-state index contributed by atoms with van der Waals surface area (Å²) in [6, 6.07) is 1.11. The zero-order valence-corrected chi connectivity index (χ0v) is 7.98. The lowest BCUT2D eigenvalue weighted by atomic mass is 10.1. The zero-order valence-electron chi connectivity index (χ0n) is 7.22. The van der Waals surface area contributed by atoms with Crippen molar-refractivity contribution in [1.29, 1.82) is 0 Å². The number of halogens is 3. The number of aryl methyl sites for hydroxylation is 1. The highest BCUT2D eigenvalue weighted by atomic mass is 35.5. The molecule has 1 rings (SSSR count). The summed E-state index contributed by atoms with van der Waals surface area (Å²) in [5, 5.41) is -0.987. The third-order valence-corrected chi connectivity index (χ3v) is 1.90. The van der Waals surface area contributed by atoms with E-state index < -0.39 is 17.4 Å². The number of aromatic nitrogens is 1. The van der Waals surface area contributed by atoms with Crippen LogP contribution in [0.5, 0.6) is 0 Å². The van der Waals surface area contributed by atoms with Gasteiger partial charge in [0.15, 0.2) is 0 Å². The van der Waals surface area contributed by atoms with E-state index in [0.717, 1.165) is 6.07 Å². The van der Waals surface area contributed by atoms with E-state index in [1.807, 2.05) is 0 Å². The number of rotatable bonds is 2. The first-order chi connectivity index (χ1) is 6.43. The molecule has 2 N–H and O–H groups in total. The first-order valence-corrected chi connectivity index (χ1v) is 4.06. The van der Waals surface area contributed by atoms with Crippen LogP contribution in [0.25, 0.3) is 0 Å². The highest BCUT2D eigenvalue weighted by Gasteiger charge is 2.20. The summed E-state index contributed by atoms with van der Waals surface area (Å²) in [4.78, 5) is 14.3. The van der Waals surface area contributed by atoms with Crippen molar-refractivity contribution < 1.29 is 13.6 Å². The summed E-state index contributed by atoms with van der Waals surface area (Å²) in [5.74, 6) is 0. The molecule has 0 fully saturated rings. The van der Waals surface area contributed by atoms with E-state index in [2.05, 4.69) is 4.98 Å². The van der Waals surface area contributed by atoms with Crippen molar-refractivity contribution in [2.24, 2.45) is 0 Å². The van der Waals surface area contributed by atoms with E-state index in [1.54, 1.807) is 0 Å². The minimum absolute atomic E-state index is 0.165. The van der Waals surface area contributed by atoms with Gasteiger partial charge in [-0.15, -0.1) is 0 Å². The Balaban J connectivity index is 3.39. The van der Waals surface area contributed by atoms with Crippen LogP contribution in [-0.4, -0.2) is 10.2 Å². The van der Waals surface area contributed by atoms with E-state index in [-0.39, 0.29) is 16.9 Å². The van der Waals surface area contributed by atoms with Gasteiger partial charge in [0.1, 0.15) is 5.69 Å². The molecular weight excluding hydrogens is 214 g/mol. The van der Waals surface area contributed by atoms with Gasteiger partial charge in [0.25, 0.3) is 11.7 Å². The molecule has 1 heterocycles. The molecule has 0 bridgehead atoms. The molecule has 0 saturated carbocycles. The van der Waals surface area contributed by atoms with Crippen LogP contribution in [0.1, 0.15) is 28.2 Å². The molecule has 0 aliphatic rings. The molecule has 0 aromatic carbocycles. The summed E-state index contributed by atoms with van der Waals surface area (Å²) >= 11 is 5.11. The standard InChI is InChI=1S/C8H7ClF2N2O/c1-3-5(12)2-4(7(9)14)6(13-3)8(10)11/h2,8H,12H2,1H3. The molecule has 0 spiro atoms. The number of hydrogen-bond acceptors (Lipinski definition) is 3. The fraction of sp³-hybridized carbons (Fsp3) is 0.250. The van der Waals surface area contributed by atoms with Gasteiger partial charge in [0.2, 0.25) is 0 Å². The van der Waals surface area contributed by atoms with Crippen molar-refractivity contribution in [3.8, 4) is 0 Å². The van der Waals surface area contributed by atoms with Crippen molar-refractivity contribution in [3.05, 3.63) is 23.0 Å². The SMILES string of the molecule is Cc1nc(C(F)F)c(C(=O)Cl)cc1N. The number of carbonyl (C=O) groups is 1. The van der Waals surface area contributed by atoms with Gasteiger partial charge in [-0.2, -0.15) is 0 Å². The van der Waals surface area contributed by atoms with Gasteiger partial charge in [-0.3, -0.25) is 4.79 Å². The van der Waals surface area contributed by atoms with Crippen LogP contribution >= 0.6 is 11.6 Å². The normalized spacial score (nSPS) is 10.6. The fourth-order valence-corrected chi connectivity index (χ4v) is 1.11. The van der Waals surface area contributed by atoms with E-state index in [1.165, 1.54) is 6.92 Å². The smallest absolute Gasteiger partial charge is 0.281 e. The van der Waals surface area contributed by atoms with Crippen molar-refractivity contribution in [1.82, 2.24) is 4.98 Å². The second-order valence-corrected chi connectivity index (χ2v) is 3.01. The number of nitrogens with two attached hydrogens (primary N) is 1. The number of pyridine rings is 1. The van der Waals surface area contributed by atoms with Crippen LogP contribution in [-0.2, 0) is 0 Å². The summed E-state index contributed by atoms with van der Waals surface area (Å²) in [6.07, 6.45) is -2.84. The number of nitrogen functional groups attached to an aromatic ring is 1. The van der Waals surface area contributed by atoms with Crippen LogP contribution in [0.2, 0.25) is 0 Å². The van der Waals surface area contributed by atoms with Gasteiger partial charge >= 0.3 is 0 Å².